The molecular formula is C22H23FN2O3. The van der Waals surface area contributed by atoms with Crippen LogP contribution in [0.1, 0.15) is 16.7 Å². The number of allylic oxidation sites excluding steroid dienone is 1. The number of fused-ring (bicyclic) bond motifs is 1. The van der Waals surface area contributed by atoms with Crippen molar-refractivity contribution in [2.24, 2.45) is 0 Å². The molecule has 1 aliphatic carbocycles. The molecule has 1 N–H and O–H groups in total. The van der Waals surface area contributed by atoms with E-state index in [1.807, 2.05) is 6.07 Å². The maximum Gasteiger partial charge on any atom is 0.167 e. The normalized spacial score (nSPS) is 16.5. The van der Waals surface area contributed by atoms with Gasteiger partial charge < -0.3 is 19.7 Å². The summed E-state index contributed by atoms with van der Waals surface area (Å²) in [6.07, 6.45) is 1.84. The smallest absolute Gasteiger partial charge is 0.167 e. The molecule has 0 unspecified atom stereocenters. The van der Waals surface area contributed by atoms with Crippen molar-refractivity contribution in [2.45, 2.75) is 6.42 Å². The van der Waals surface area contributed by atoms with E-state index < -0.39 is 0 Å². The van der Waals surface area contributed by atoms with E-state index in [1.54, 1.807) is 44.6 Å². The first-order valence-electron chi connectivity index (χ1n) is 9.36. The van der Waals surface area contributed by atoms with E-state index in [0.29, 0.717) is 28.2 Å². The topological polar surface area (TPSA) is 50.8 Å². The molecule has 1 heterocycles. The van der Waals surface area contributed by atoms with Crippen LogP contribution in [0.5, 0.6) is 11.5 Å². The van der Waals surface area contributed by atoms with Gasteiger partial charge in [-0.25, -0.2) is 4.39 Å². The zero-order valence-corrected chi connectivity index (χ0v) is 16.0. The van der Waals surface area contributed by atoms with Crippen LogP contribution < -0.4 is 19.7 Å². The summed E-state index contributed by atoms with van der Waals surface area (Å²) in [6, 6.07) is 8.82. The molecule has 2 aromatic carbocycles. The number of hydrogen-bond acceptors (Lipinski definition) is 5. The second kappa shape index (κ2) is 7.64. The summed E-state index contributed by atoms with van der Waals surface area (Å²) >= 11 is 0. The van der Waals surface area contributed by atoms with Gasteiger partial charge in [0.05, 0.1) is 14.2 Å². The lowest BCUT2D eigenvalue weighted by Crippen LogP contribution is -2.43. The first-order valence-corrected chi connectivity index (χ1v) is 9.36. The Bertz CT molecular complexity index is 949. The summed E-state index contributed by atoms with van der Waals surface area (Å²) in [5.41, 5.74) is 3.25. The third-order valence-corrected chi connectivity index (χ3v) is 5.32. The quantitative estimate of drug-likeness (QED) is 0.881. The van der Waals surface area contributed by atoms with Crippen molar-refractivity contribution in [1.29, 1.82) is 0 Å². The van der Waals surface area contributed by atoms with Crippen LogP contribution in [0, 0.1) is 5.82 Å². The molecule has 28 heavy (non-hydrogen) atoms. The minimum absolute atomic E-state index is 0.0309. The number of methoxy groups -OCH3 is 2. The van der Waals surface area contributed by atoms with Gasteiger partial charge in [-0.05, 0) is 41.5 Å². The number of carbonyl (C=O) groups is 1. The Morgan fingerprint density at radius 1 is 1.04 bits per heavy atom. The van der Waals surface area contributed by atoms with Crippen LogP contribution in [0.25, 0.3) is 11.6 Å². The maximum atomic E-state index is 14.9. The van der Waals surface area contributed by atoms with Crippen LogP contribution in [0.2, 0.25) is 0 Å². The van der Waals surface area contributed by atoms with Crippen LogP contribution in [-0.2, 0) is 11.2 Å². The molecule has 146 valence electrons. The van der Waals surface area contributed by atoms with Crippen molar-refractivity contribution in [3.05, 3.63) is 52.8 Å². The maximum absolute atomic E-state index is 14.9. The summed E-state index contributed by atoms with van der Waals surface area (Å²) in [5.74, 6) is 0.796. The van der Waals surface area contributed by atoms with Crippen molar-refractivity contribution in [3.63, 3.8) is 0 Å². The highest BCUT2D eigenvalue weighted by Crippen LogP contribution is 2.36. The highest BCUT2D eigenvalue weighted by molar-refractivity contribution is 6.27. The molecule has 1 fully saturated rings. The van der Waals surface area contributed by atoms with Crippen molar-refractivity contribution in [3.8, 4) is 11.5 Å². The number of ketones is 1. The minimum Gasteiger partial charge on any atom is -0.493 e. The molecule has 0 bridgehead atoms. The van der Waals surface area contributed by atoms with Gasteiger partial charge in [0, 0.05) is 49.4 Å². The van der Waals surface area contributed by atoms with Gasteiger partial charge in [0.1, 0.15) is 5.82 Å². The van der Waals surface area contributed by atoms with Crippen LogP contribution >= 0.6 is 0 Å². The zero-order chi connectivity index (χ0) is 19.7. The number of nitrogens with zero attached hydrogens (tertiary/aromatic N) is 1. The Morgan fingerprint density at radius 2 is 1.79 bits per heavy atom. The Hall–Kier alpha value is -2.86. The van der Waals surface area contributed by atoms with Gasteiger partial charge in [0.25, 0.3) is 0 Å². The van der Waals surface area contributed by atoms with Gasteiger partial charge in [-0.2, -0.15) is 0 Å². The van der Waals surface area contributed by atoms with Crippen LogP contribution in [-0.4, -0.2) is 46.2 Å². The Kier molecular flexibility index (Phi) is 5.05. The lowest BCUT2D eigenvalue weighted by Gasteiger charge is -2.30. The predicted molar refractivity (Wildman–Crippen MR) is 108 cm³/mol. The van der Waals surface area contributed by atoms with Crippen molar-refractivity contribution >= 4 is 23.1 Å². The minimum atomic E-state index is -0.295. The average molecular weight is 382 g/mol. The fourth-order valence-corrected chi connectivity index (χ4v) is 3.81. The second-order valence-electron chi connectivity index (χ2n) is 6.97. The van der Waals surface area contributed by atoms with E-state index in [0.717, 1.165) is 37.4 Å². The van der Waals surface area contributed by atoms with E-state index in [2.05, 4.69) is 10.2 Å². The average Bonchev–Trinajstić information content (AvgIpc) is 2.73. The third-order valence-electron chi connectivity index (χ3n) is 5.32. The van der Waals surface area contributed by atoms with Crippen LogP contribution in [0.15, 0.2) is 30.3 Å². The highest BCUT2D eigenvalue weighted by Gasteiger charge is 2.25. The molecule has 0 aromatic heterocycles. The summed E-state index contributed by atoms with van der Waals surface area (Å²) in [7, 11) is 3.11. The van der Waals surface area contributed by atoms with Gasteiger partial charge >= 0.3 is 0 Å². The Labute approximate surface area is 163 Å². The molecule has 0 atom stereocenters. The predicted octanol–water partition coefficient (Wildman–Crippen LogP) is 2.92. The molecule has 2 aliphatic rings. The molecular weight excluding hydrogens is 359 g/mol. The van der Waals surface area contributed by atoms with Crippen LogP contribution in [0.4, 0.5) is 10.1 Å². The number of nitrogens with one attached hydrogen (secondary N) is 1. The molecule has 5 nitrogen and oxygen atoms in total. The van der Waals surface area contributed by atoms with Crippen molar-refractivity contribution in [2.75, 3.05) is 45.3 Å². The molecule has 0 amide bonds. The van der Waals surface area contributed by atoms with Crippen molar-refractivity contribution < 1.29 is 18.7 Å². The van der Waals surface area contributed by atoms with Crippen molar-refractivity contribution in [1.82, 2.24) is 5.32 Å². The summed E-state index contributed by atoms with van der Waals surface area (Å²) in [4.78, 5) is 15.0. The first-order chi connectivity index (χ1) is 13.6. The van der Waals surface area contributed by atoms with Crippen LogP contribution in [0.3, 0.4) is 0 Å². The van der Waals surface area contributed by atoms with E-state index in [1.165, 1.54) is 0 Å². The van der Waals surface area contributed by atoms with E-state index in [4.69, 9.17) is 9.47 Å². The molecule has 1 saturated heterocycles. The number of anilines is 1. The molecule has 1 aliphatic heterocycles. The number of Topliss-reactive ketones (excluding diaryl/α,β-unsaturated/α-hetero) is 1. The van der Waals surface area contributed by atoms with Gasteiger partial charge in [0.15, 0.2) is 17.3 Å². The van der Waals surface area contributed by atoms with E-state index in [9.17, 15) is 9.18 Å². The fraction of sp³-hybridized carbons (Fsp3) is 0.318. The number of hydrogen-bond donors (Lipinski definition) is 1. The number of benzene rings is 2. The Morgan fingerprint density at radius 3 is 2.50 bits per heavy atom. The lowest BCUT2D eigenvalue weighted by atomic mass is 9.87. The zero-order valence-electron chi connectivity index (χ0n) is 16.0. The SMILES string of the molecule is COc1ccc(C2=Cc3c(F)cc(N4CCNCC4)cc3CC2=O)cc1OC. The van der Waals surface area contributed by atoms with Gasteiger partial charge in [-0.15, -0.1) is 0 Å². The number of rotatable bonds is 4. The standard InChI is InChI=1S/C22H23FN2O3/c1-27-21-4-3-14(11-22(21)28-2)18-13-17-15(10-20(18)26)9-16(12-19(17)23)25-7-5-24-6-8-25/h3-4,9,11-13,24H,5-8,10H2,1-2H3. The third kappa shape index (κ3) is 3.36. The summed E-state index contributed by atoms with van der Waals surface area (Å²) in [6.45, 7) is 3.42. The first kappa shape index (κ1) is 18.5. The number of carbonyl (C=O) groups excluding carboxylic acids is 1. The molecule has 2 aromatic rings. The number of ether oxygens (including phenoxy) is 2. The summed E-state index contributed by atoms with van der Waals surface area (Å²) in [5, 5.41) is 3.29. The Balaban J connectivity index is 1.73. The molecule has 4 rings (SSSR count). The molecule has 6 heteroatoms. The highest BCUT2D eigenvalue weighted by atomic mass is 19.1. The lowest BCUT2D eigenvalue weighted by molar-refractivity contribution is -0.113. The van der Waals surface area contributed by atoms with E-state index >= 15 is 0 Å². The number of piperazine rings is 1. The molecule has 0 saturated carbocycles. The fourth-order valence-electron chi connectivity index (χ4n) is 3.81. The van der Waals surface area contributed by atoms with Gasteiger partial charge in [0.2, 0.25) is 0 Å². The molecule has 0 spiro atoms. The monoisotopic (exact) mass is 382 g/mol. The largest absolute Gasteiger partial charge is 0.493 e. The molecule has 0 radical (unpaired) electrons. The number of halogens is 1. The van der Waals surface area contributed by atoms with Gasteiger partial charge in [-0.3, -0.25) is 4.79 Å². The summed E-state index contributed by atoms with van der Waals surface area (Å²) < 4.78 is 25.5. The van der Waals surface area contributed by atoms with Gasteiger partial charge in [-0.1, -0.05) is 6.07 Å². The second-order valence-corrected chi connectivity index (χ2v) is 6.97. The van der Waals surface area contributed by atoms with E-state index in [-0.39, 0.29) is 18.0 Å².